The van der Waals surface area contributed by atoms with Crippen molar-refractivity contribution >= 4 is 11.6 Å². The average Bonchev–Trinajstić information content (AvgIpc) is 2.39. The van der Waals surface area contributed by atoms with E-state index in [-0.39, 0.29) is 6.10 Å². The smallest absolute Gasteiger partial charge is 0.0864 e. The third-order valence-corrected chi connectivity index (χ3v) is 3.76. The lowest BCUT2D eigenvalue weighted by Gasteiger charge is -2.30. The van der Waals surface area contributed by atoms with Crippen molar-refractivity contribution in [3.63, 3.8) is 0 Å². The summed E-state index contributed by atoms with van der Waals surface area (Å²) in [6, 6.07) is 8.76. The summed E-state index contributed by atoms with van der Waals surface area (Å²) in [6.45, 7) is 3.04. The highest BCUT2D eigenvalue weighted by Crippen LogP contribution is 2.34. The van der Waals surface area contributed by atoms with Crippen LogP contribution in [0.4, 0.5) is 0 Å². The van der Waals surface area contributed by atoms with E-state index in [1.165, 1.54) is 17.5 Å². The lowest BCUT2D eigenvalue weighted by molar-refractivity contribution is -0.0208. The molecular weight excluding hydrogens is 220 g/mol. The summed E-state index contributed by atoms with van der Waals surface area (Å²) in [5.41, 5.74) is 2.66. The van der Waals surface area contributed by atoms with Crippen LogP contribution in [0.25, 0.3) is 0 Å². The van der Waals surface area contributed by atoms with Gasteiger partial charge in [0, 0.05) is 18.4 Å². The number of aryl methyl sites for hydroxylation is 1. The molecule has 2 heteroatoms. The zero-order chi connectivity index (χ0) is 11.4. The zero-order valence-corrected chi connectivity index (χ0v) is 10.5. The van der Waals surface area contributed by atoms with Gasteiger partial charge >= 0.3 is 0 Å². The number of ether oxygens (including phenoxy) is 1. The molecule has 0 N–H and O–H groups in total. The summed E-state index contributed by atoms with van der Waals surface area (Å²) in [7, 11) is 0. The summed E-state index contributed by atoms with van der Waals surface area (Å²) in [5.74, 6) is 1.17. The first-order valence-corrected chi connectivity index (χ1v) is 6.65. The van der Waals surface area contributed by atoms with E-state index >= 15 is 0 Å². The standard InChI is InChI=1S/C14H19ClO/c1-2-11-5-7-12(8-6-11)14-13(10-15)4-3-9-16-14/h5-8,13-14H,2-4,9-10H2,1H3. The van der Waals surface area contributed by atoms with E-state index in [2.05, 4.69) is 31.2 Å². The summed E-state index contributed by atoms with van der Waals surface area (Å²) >= 11 is 6.00. The van der Waals surface area contributed by atoms with Gasteiger partial charge in [-0.25, -0.2) is 0 Å². The molecule has 1 heterocycles. The molecule has 1 aromatic carbocycles. The second kappa shape index (κ2) is 5.70. The van der Waals surface area contributed by atoms with Crippen LogP contribution in [-0.4, -0.2) is 12.5 Å². The van der Waals surface area contributed by atoms with Crippen molar-refractivity contribution in [2.24, 2.45) is 5.92 Å². The van der Waals surface area contributed by atoms with Crippen molar-refractivity contribution in [2.45, 2.75) is 32.3 Å². The molecule has 0 bridgehead atoms. The minimum Gasteiger partial charge on any atom is -0.373 e. The molecular formula is C14H19ClO. The first kappa shape index (κ1) is 11.9. The fourth-order valence-electron chi connectivity index (χ4n) is 2.31. The van der Waals surface area contributed by atoms with E-state index < -0.39 is 0 Å². The van der Waals surface area contributed by atoms with E-state index in [4.69, 9.17) is 16.3 Å². The van der Waals surface area contributed by atoms with Crippen LogP contribution in [0.5, 0.6) is 0 Å². The first-order valence-electron chi connectivity index (χ1n) is 6.11. The minimum absolute atomic E-state index is 0.206. The Balaban J connectivity index is 2.14. The highest BCUT2D eigenvalue weighted by atomic mass is 35.5. The van der Waals surface area contributed by atoms with Crippen LogP contribution in [0.1, 0.15) is 37.0 Å². The van der Waals surface area contributed by atoms with Gasteiger partial charge < -0.3 is 4.74 Å². The van der Waals surface area contributed by atoms with E-state index in [0.29, 0.717) is 11.8 Å². The molecule has 2 rings (SSSR count). The van der Waals surface area contributed by atoms with E-state index in [1.807, 2.05) is 0 Å². The Hall–Kier alpha value is -0.530. The largest absolute Gasteiger partial charge is 0.373 e. The third-order valence-electron chi connectivity index (χ3n) is 3.36. The molecule has 2 unspecified atom stereocenters. The maximum atomic E-state index is 6.00. The maximum absolute atomic E-state index is 6.00. The van der Waals surface area contributed by atoms with Gasteiger partial charge in [0.25, 0.3) is 0 Å². The highest BCUT2D eigenvalue weighted by Gasteiger charge is 2.26. The molecule has 1 aliphatic heterocycles. The Morgan fingerprint density at radius 1 is 1.31 bits per heavy atom. The van der Waals surface area contributed by atoms with Gasteiger partial charge in [-0.3, -0.25) is 0 Å². The number of hydrogen-bond acceptors (Lipinski definition) is 1. The van der Waals surface area contributed by atoms with Gasteiger partial charge in [-0.05, 0) is 30.4 Å². The average molecular weight is 239 g/mol. The number of rotatable bonds is 3. The lowest BCUT2D eigenvalue weighted by atomic mass is 9.90. The Bertz CT molecular complexity index is 320. The van der Waals surface area contributed by atoms with Crippen LogP contribution in [0, 0.1) is 5.92 Å². The number of hydrogen-bond donors (Lipinski definition) is 0. The molecule has 88 valence electrons. The van der Waals surface area contributed by atoms with Crippen molar-refractivity contribution in [1.82, 2.24) is 0 Å². The molecule has 0 aliphatic carbocycles. The van der Waals surface area contributed by atoms with Crippen LogP contribution in [-0.2, 0) is 11.2 Å². The Labute approximate surface area is 103 Å². The van der Waals surface area contributed by atoms with Crippen molar-refractivity contribution in [3.05, 3.63) is 35.4 Å². The zero-order valence-electron chi connectivity index (χ0n) is 9.79. The van der Waals surface area contributed by atoms with Crippen LogP contribution in [0.2, 0.25) is 0 Å². The molecule has 2 atom stereocenters. The first-order chi connectivity index (χ1) is 7.85. The molecule has 0 amide bonds. The van der Waals surface area contributed by atoms with Crippen LogP contribution < -0.4 is 0 Å². The fourth-order valence-corrected chi connectivity index (χ4v) is 2.63. The second-order valence-corrected chi connectivity index (χ2v) is 4.75. The summed E-state index contributed by atoms with van der Waals surface area (Å²) in [4.78, 5) is 0. The normalized spacial score (nSPS) is 25.6. The van der Waals surface area contributed by atoms with Crippen LogP contribution in [0.15, 0.2) is 24.3 Å². The summed E-state index contributed by atoms with van der Waals surface area (Å²) < 4.78 is 5.86. The Kier molecular flexibility index (Phi) is 4.25. The number of benzene rings is 1. The van der Waals surface area contributed by atoms with Crippen LogP contribution in [0.3, 0.4) is 0 Å². The molecule has 0 saturated carbocycles. The SMILES string of the molecule is CCc1ccc(C2OCCCC2CCl)cc1. The number of halogens is 1. The summed E-state index contributed by atoms with van der Waals surface area (Å²) in [6.07, 6.45) is 3.62. The third kappa shape index (κ3) is 2.58. The molecule has 1 nitrogen and oxygen atoms in total. The predicted molar refractivity (Wildman–Crippen MR) is 68.0 cm³/mol. The monoisotopic (exact) mass is 238 g/mol. The predicted octanol–water partition coefficient (Wildman–Crippen LogP) is 3.96. The molecule has 1 fully saturated rings. The van der Waals surface area contributed by atoms with Crippen molar-refractivity contribution < 1.29 is 4.74 Å². The van der Waals surface area contributed by atoms with E-state index in [0.717, 1.165) is 19.4 Å². The quantitative estimate of drug-likeness (QED) is 0.725. The highest BCUT2D eigenvalue weighted by molar-refractivity contribution is 6.18. The Morgan fingerprint density at radius 2 is 2.06 bits per heavy atom. The second-order valence-electron chi connectivity index (χ2n) is 4.44. The van der Waals surface area contributed by atoms with Gasteiger partial charge in [-0.15, -0.1) is 11.6 Å². The van der Waals surface area contributed by atoms with Gasteiger partial charge in [0.2, 0.25) is 0 Å². The van der Waals surface area contributed by atoms with Crippen LogP contribution >= 0.6 is 11.6 Å². The van der Waals surface area contributed by atoms with Gasteiger partial charge in [0.15, 0.2) is 0 Å². The summed E-state index contributed by atoms with van der Waals surface area (Å²) in [5, 5.41) is 0. The Morgan fingerprint density at radius 3 is 2.69 bits per heavy atom. The molecule has 0 aromatic heterocycles. The minimum atomic E-state index is 0.206. The van der Waals surface area contributed by atoms with Crippen molar-refractivity contribution in [3.8, 4) is 0 Å². The van der Waals surface area contributed by atoms with E-state index in [1.54, 1.807) is 0 Å². The van der Waals surface area contributed by atoms with Gasteiger partial charge in [-0.1, -0.05) is 31.2 Å². The molecule has 0 radical (unpaired) electrons. The van der Waals surface area contributed by atoms with Gasteiger partial charge in [-0.2, -0.15) is 0 Å². The van der Waals surface area contributed by atoms with Crippen molar-refractivity contribution in [1.29, 1.82) is 0 Å². The lowest BCUT2D eigenvalue weighted by Crippen LogP contribution is -2.23. The number of alkyl halides is 1. The molecule has 0 spiro atoms. The maximum Gasteiger partial charge on any atom is 0.0864 e. The molecule has 1 saturated heterocycles. The van der Waals surface area contributed by atoms with Gasteiger partial charge in [0.05, 0.1) is 6.10 Å². The van der Waals surface area contributed by atoms with Crippen molar-refractivity contribution in [2.75, 3.05) is 12.5 Å². The van der Waals surface area contributed by atoms with Gasteiger partial charge in [0.1, 0.15) is 0 Å². The molecule has 16 heavy (non-hydrogen) atoms. The topological polar surface area (TPSA) is 9.23 Å². The fraction of sp³-hybridized carbons (Fsp3) is 0.571. The molecule has 1 aliphatic rings. The molecule has 1 aromatic rings. The van der Waals surface area contributed by atoms with E-state index in [9.17, 15) is 0 Å².